The van der Waals surface area contributed by atoms with E-state index in [1.807, 2.05) is 31.2 Å². The molecular formula is C20H15N3O7. The second kappa shape index (κ2) is 8.03. The number of hydrogen-bond acceptors (Lipinski definition) is 9. The first-order valence-electron chi connectivity index (χ1n) is 8.83. The van der Waals surface area contributed by atoms with Crippen LogP contribution in [0.3, 0.4) is 0 Å². The average molecular weight is 409 g/mol. The molecule has 1 aliphatic rings. The van der Waals surface area contributed by atoms with Crippen LogP contribution in [0.5, 0.6) is 11.5 Å². The predicted octanol–water partition coefficient (Wildman–Crippen LogP) is 3.44. The highest BCUT2D eigenvalue weighted by Gasteiger charge is 2.22. The Morgan fingerprint density at radius 3 is 2.80 bits per heavy atom. The molecule has 2 heterocycles. The maximum absolute atomic E-state index is 12.0. The highest BCUT2D eigenvalue weighted by Crippen LogP contribution is 2.38. The lowest BCUT2D eigenvalue weighted by atomic mass is 10.1. The maximum Gasteiger partial charge on any atom is 0.331 e. The molecule has 10 nitrogen and oxygen atoms in total. The number of nitro benzene ring substituents is 1. The molecule has 0 fully saturated rings. The van der Waals surface area contributed by atoms with Gasteiger partial charge in [-0.15, -0.1) is 0 Å². The number of nitro groups is 1. The maximum atomic E-state index is 12.0. The molecule has 10 heteroatoms. The summed E-state index contributed by atoms with van der Waals surface area (Å²) >= 11 is 0. The zero-order valence-electron chi connectivity index (χ0n) is 15.7. The first-order valence-corrected chi connectivity index (χ1v) is 8.83. The summed E-state index contributed by atoms with van der Waals surface area (Å²) in [6.45, 7) is 1.67. The van der Waals surface area contributed by atoms with E-state index in [0.717, 1.165) is 17.2 Å². The molecule has 0 atom stereocenters. The molecule has 0 saturated heterocycles. The van der Waals surface area contributed by atoms with Crippen LogP contribution in [0.2, 0.25) is 0 Å². The Morgan fingerprint density at radius 2 is 2.03 bits per heavy atom. The van der Waals surface area contributed by atoms with Crippen LogP contribution in [0.4, 0.5) is 5.69 Å². The predicted molar refractivity (Wildman–Crippen MR) is 103 cm³/mol. The van der Waals surface area contributed by atoms with Gasteiger partial charge in [0.1, 0.15) is 0 Å². The molecule has 0 amide bonds. The van der Waals surface area contributed by atoms with Gasteiger partial charge >= 0.3 is 5.97 Å². The van der Waals surface area contributed by atoms with Crippen molar-refractivity contribution >= 4 is 17.7 Å². The molecule has 3 aromatic rings. The molecule has 2 aromatic carbocycles. The first-order chi connectivity index (χ1) is 14.5. The summed E-state index contributed by atoms with van der Waals surface area (Å²) in [4.78, 5) is 26.9. The van der Waals surface area contributed by atoms with Crippen LogP contribution in [0.1, 0.15) is 17.0 Å². The van der Waals surface area contributed by atoms with Crippen molar-refractivity contribution in [2.24, 2.45) is 0 Å². The van der Waals surface area contributed by atoms with Crippen molar-refractivity contribution in [3.05, 3.63) is 69.6 Å². The van der Waals surface area contributed by atoms with Gasteiger partial charge in [0.25, 0.3) is 11.6 Å². The third kappa shape index (κ3) is 3.97. The molecule has 0 spiro atoms. The van der Waals surface area contributed by atoms with Crippen molar-refractivity contribution in [2.75, 3.05) is 6.79 Å². The van der Waals surface area contributed by atoms with Crippen LogP contribution >= 0.6 is 0 Å². The van der Waals surface area contributed by atoms with Gasteiger partial charge in [0.2, 0.25) is 12.6 Å². The fourth-order valence-corrected chi connectivity index (χ4v) is 2.82. The van der Waals surface area contributed by atoms with E-state index < -0.39 is 10.9 Å². The fourth-order valence-electron chi connectivity index (χ4n) is 2.82. The lowest BCUT2D eigenvalue weighted by molar-refractivity contribution is -0.385. The molecule has 152 valence electrons. The molecule has 0 radical (unpaired) electrons. The number of benzene rings is 2. The molecule has 0 aliphatic carbocycles. The van der Waals surface area contributed by atoms with Crippen molar-refractivity contribution in [1.29, 1.82) is 0 Å². The van der Waals surface area contributed by atoms with Gasteiger partial charge in [0, 0.05) is 11.6 Å². The standard InChI is InChI=1S/C20H15N3O7/c1-12-4-2-3-5-14(12)20-21-18(30-22-20)10-27-19(24)7-6-13-8-16-17(29-11-28-16)9-15(13)23(25)26/h2-9H,10-11H2,1H3/b7-6+. The van der Waals surface area contributed by atoms with Gasteiger partial charge in [-0.25, -0.2) is 4.79 Å². The SMILES string of the molecule is Cc1ccccc1-c1noc(COC(=O)/C=C/c2cc3c(cc2[N+](=O)[O-])OCO3)n1. The van der Waals surface area contributed by atoms with E-state index in [0.29, 0.717) is 11.6 Å². The van der Waals surface area contributed by atoms with Crippen LogP contribution in [-0.2, 0) is 16.1 Å². The van der Waals surface area contributed by atoms with E-state index in [2.05, 4.69) is 10.1 Å². The monoisotopic (exact) mass is 409 g/mol. The van der Waals surface area contributed by atoms with Crippen molar-refractivity contribution in [1.82, 2.24) is 10.1 Å². The van der Waals surface area contributed by atoms with E-state index in [-0.39, 0.29) is 36.3 Å². The van der Waals surface area contributed by atoms with Gasteiger partial charge in [-0.05, 0) is 24.6 Å². The molecule has 0 bridgehead atoms. The Hall–Kier alpha value is -4.21. The van der Waals surface area contributed by atoms with E-state index in [4.69, 9.17) is 18.7 Å². The molecule has 0 saturated carbocycles. The van der Waals surface area contributed by atoms with Crippen LogP contribution < -0.4 is 9.47 Å². The van der Waals surface area contributed by atoms with Crippen molar-refractivity contribution in [3.8, 4) is 22.9 Å². The van der Waals surface area contributed by atoms with E-state index in [9.17, 15) is 14.9 Å². The summed E-state index contributed by atoms with van der Waals surface area (Å²) in [5, 5.41) is 15.1. The molecule has 0 N–H and O–H groups in total. The van der Waals surface area contributed by atoms with Crippen molar-refractivity contribution in [3.63, 3.8) is 0 Å². The van der Waals surface area contributed by atoms with Crippen LogP contribution in [0.15, 0.2) is 47.0 Å². The number of esters is 1. The lowest BCUT2D eigenvalue weighted by Gasteiger charge is -2.01. The summed E-state index contributed by atoms with van der Waals surface area (Å²) in [5.41, 5.74) is 1.76. The number of hydrogen-bond donors (Lipinski definition) is 0. The zero-order valence-corrected chi connectivity index (χ0v) is 15.7. The minimum absolute atomic E-state index is 0.0175. The quantitative estimate of drug-likeness (QED) is 0.260. The molecule has 4 rings (SSSR count). The number of rotatable bonds is 6. The van der Waals surface area contributed by atoms with Gasteiger partial charge in [0.15, 0.2) is 18.1 Å². The summed E-state index contributed by atoms with van der Waals surface area (Å²) in [5.74, 6) is 0.442. The molecule has 0 unspecified atom stereocenters. The topological polar surface area (TPSA) is 127 Å². The minimum atomic E-state index is -0.724. The van der Waals surface area contributed by atoms with Gasteiger partial charge in [0.05, 0.1) is 16.6 Å². The molecule has 30 heavy (non-hydrogen) atoms. The number of carbonyl (C=O) groups is 1. The minimum Gasteiger partial charge on any atom is -0.454 e. The summed E-state index contributed by atoms with van der Waals surface area (Å²) in [6, 6.07) is 10.2. The average Bonchev–Trinajstić information content (AvgIpc) is 3.39. The normalized spacial score (nSPS) is 12.3. The lowest BCUT2D eigenvalue weighted by Crippen LogP contribution is -2.01. The van der Waals surface area contributed by atoms with E-state index in [1.165, 1.54) is 18.2 Å². The van der Waals surface area contributed by atoms with Gasteiger partial charge < -0.3 is 18.7 Å². The van der Waals surface area contributed by atoms with E-state index in [1.54, 1.807) is 0 Å². The number of nitrogens with zero attached hydrogens (tertiary/aromatic N) is 3. The van der Waals surface area contributed by atoms with E-state index >= 15 is 0 Å². The second-order valence-electron chi connectivity index (χ2n) is 6.29. The largest absolute Gasteiger partial charge is 0.454 e. The number of fused-ring (bicyclic) bond motifs is 1. The summed E-state index contributed by atoms with van der Waals surface area (Å²) < 4.78 is 20.5. The van der Waals surface area contributed by atoms with Crippen LogP contribution in [0, 0.1) is 17.0 Å². The Balaban J connectivity index is 1.42. The Labute approximate surface area is 169 Å². The van der Waals surface area contributed by atoms with Gasteiger partial charge in [-0.2, -0.15) is 4.98 Å². The highest BCUT2D eigenvalue weighted by molar-refractivity contribution is 5.88. The summed E-state index contributed by atoms with van der Waals surface area (Å²) in [7, 11) is 0. The van der Waals surface area contributed by atoms with Crippen molar-refractivity contribution < 1.29 is 28.5 Å². The first kappa shape index (κ1) is 19.1. The number of aryl methyl sites for hydroxylation is 1. The molecular weight excluding hydrogens is 394 g/mol. The zero-order chi connectivity index (χ0) is 21.1. The third-order valence-corrected chi connectivity index (χ3v) is 4.31. The number of ether oxygens (including phenoxy) is 3. The fraction of sp³-hybridized carbons (Fsp3) is 0.150. The highest BCUT2D eigenvalue weighted by atomic mass is 16.7. The number of aromatic nitrogens is 2. The van der Waals surface area contributed by atoms with Gasteiger partial charge in [-0.1, -0.05) is 29.4 Å². The second-order valence-corrected chi connectivity index (χ2v) is 6.29. The molecule has 1 aromatic heterocycles. The third-order valence-electron chi connectivity index (χ3n) is 4.31. The molecule has 1 aliphatic heterocycles. The Morgan fingerprint density at radius 1 is 1.27 bits per heavy atom. The van der Waals surface area contributed by atoms with Crippen LogP contribution in [0.25, 0.3) is 17.5 Å². The van der Waals surface area contributed by atoms with Crippen molar-refractivity contribution in [2.45, 2.75) is 13.5 Å². The Kier molecular flexibility index (Phi) is 5.12. The van der Waals surface area contributed by atoms with Gasteiger partial charge in [-0.3, -0.25) is 10.1 Å². The summed E-state index contributed by atoms with van der Waals surface area (Å²) in [6.07, 6.45) is 2.35. The smallest absolute Gasteiger partial charge is 0.331 e. The number of carbonyl (C=O) groups excluding carboxylic acids is 1. The Bertz CT molecular complexity index is 1150. The van der Waals surface area contributed by atoms with Crippen LogP contribution in [-0.4, -0.2) is 27.8 Å².